The van der Waals surface area contributed by atoms with Crippen LogP contribution in [0.5, 0.6) is 0 Å². The van der Waals surface area contributed by atoms with Crippen molar-refractivity contribution in [2.24, 2.45) is 0 Å². The van der Waals surface area contributed by atoms with Crippen LogP contribution in [0.2, 0.25) is 0 Å². The van der Waals surface area contributed by atoms with E-state index in [1.807, 2.05) is 13.8 Å². The van der Waals surface area contributed by atoms with E-state index in [0.717, 1.165) is 0 Å². The summed E-state index contributed by atoms with van der Waals surface area (Å²) in [5.41, 5.74) is 0.156. The number of imidazole rings is 1. The molecule has 0 spiro atoms. The molecule has 0 amide bonds. The standard InChI is InChI=1S/C15H20N4O5.C2H6/c1-3-7(16)11-15(17-4-2)19-10(18-11)5-8-12(21)14(23)13(22)9(6-20)24-8;1-2/h1,4,8-9,12-14,16-17,20-23H,2,5-6H2,(H,18,19);1-2H3. The number of H-pyrrole nitrogens is 1. The highest BCUT2D eigenvalue weighted by Crippen LogP contribution is 2.24. The Morgan fingerprint density at radius 3 is 2.50 bits per heavy atom. The van der Waals surface area contributed by atoms with E-state index in [1.165, 1.54) is 6.20 Å². The first-order valence-corrected chi connectivity index (χ1v) is 8.25. The maximum absolute atomic E-state index is 10.1. The maximum Gasteiger partial charge on any atom is 0.158 e. The smallest absolute Gasteiger partial charge is 0.158 e. The molecule has 0 radical (unpaired) electrons. The number of nitrogens with zero attached hydrogens (tertiary/aromatic N) is 1. The predicted molar refractivity (Wildman–Crippen MR) is 96.9 cm³/mol. The highest BCUT2D eigenvalue weighted by atomic mass is 16.5. The molecule has 1 aromatic rings. The quantitative estimate of drug-likeness (QED) is 0.261. The van der Waals surface area contributed by atoms with Crippen LogP contribution in [-0.4, -0.2) is 73.2 Å². The van der Waals surface area contributed by atoms with Crippen molar-refractivity contribution < 1.29 is 25.2 Å². The minimum absolute atomic E-state index is 0.0467. The minimum atomic E-state index is -1.45. The Balaban J connectivity index is 0.00000163. The average Bonchev–Trinajstić information content (AvgIpc) is 3.06. The molecule has 7 N–H and O–H groups in total. The summed E-state index contributed by atoms with van der Waals surface area (Å²) in [6.07, 6.45) is 0.522. The third kappa shape index (κ3) is 4.69. The number of hydrogen-bond acceptors (Lipinski definition) is 8. The van der Waals surface area contributed by atoms with Gasteiger partial charge in [-0.05, 0) is 12.1 Å². The van der Waals surface area contributed by atoms with Crippen molar-refractivity contribution in [3.8, 4) is 12.3 Å². The van der Waals surface area contributed by atoms with E-state index in [4.69, 9.17) is 16.6 Å². The molecule has 144 valence electrons. The lowest BCUT2D eigenvalue weighted by Crippen LogP contribution is -2.59. The lowest BCUT2D eigenvalue weighted by Gasteiger charge is -2.39. The molecular weight excluding hydrogens is 340 g/mol. The number of anilines is 1. The van der Waals surface area contributed by atoms with Gasteiger partial charge in [-0.15, -0.1) is 6.42 Å². The van der Waals surface area contributed by atoms with Gasteiger partial charge in [-0.3, -0.25) is 5.41 Å². The number of aromatic nitrogens is 2. The van der Waals surface area contributed by atoms with Gasteiger partial charge in [0.1, 0.15) is 41.6 Å². The number of aliphatic hydroxyl groups is 4. The zero-order chi connectivity index (χ0) is 19.9. The van der Waals surface area contributed by atoms with Gasteiger partial charge in [-0.2, -0.15) is 0 Å². The lowest BCUT2D eigenvalue weighted by atomic mass is 9.93. The molecule has 2 rings (SSSR count). The Labute approximate surface area is 152 Å². The van der Waals surface area contributed by atoms with Crippen LogP contribution >= 0.6 is 0 Å². The number of aromatic amines is 1. The van der Waals surface area contributed by atoms with Crippen LogP contribution in [0.25, 0.3) is 0 Å². The van der Waals surface area contributed by atoms with Crippen molar-refractivity contribution in [1.29, 1.82) is 5.41 Å². The number of hydrogen-bond donors (Lipinski definition) is 7. The molecule has 0 aliphatic carbocycles. The van der Waals surface area contributed by atoms with Crippen molar-refractivity contribution in [1.82, 2.24) is 9.97 Å². The largest absolute Gasteiger partial charge is 0.394 e. The molecule has 0 bridgehead atoms. The van der Waals surface area contributed by atoms with Crippen molar-refractivity contribution in [2.45, 2.75) is 50.8 Å². The van der Waals surface area contributed by atoms with E-state index in [-0.39, 0.29) is 17.8 Å². The second-order valence-corrected chi connectivity index (χ2v) is 5.35. The molecule has 2 heterocycles. The molecule has 26 heavy (non-hydrogen) atoms. The molecule has 0 saturated carbocycles. The average molecular weight is 366 g/mol. The Hall–Kier alpha value is -2.22. The molecule has 1 saturated heterocycles. The van der Waals surface area contributed by atoms with Gasteiger partial charge < -0.3 is 35.5 Å². The first-order valence-electron chi connectivity index (χ1n) is 8.25. The van der Waals surface area contributed by atoms with Crippen LogP contribution in [0, 0.1) is 17.8 Å². The Morgan fingerprint density at radius 1 is 1.35 bits per heavy atom. The highest BCUT2D eigenvalue weighted by molar-refractivity contribution is 6.12. The zero-order valence-corrected chi connectivity index (χ0v) is 14.8. The Bertz CT molecular complexity index is 652. The molecule has 5 unspecified atom stereocenters. The fourth-order valence-corrected chi connectivity index (χ4v) is 2.51. The number of aliphatic hydroxyl groups excluding tert-OH is 4. The Kier molecular flexibility index (Phi) is 8.44. The van der Waals surface area contributed by atoms with Gasteiger partial charge in [0.15, 0.2) is 5.82 Å². The normalized spacial score (nSPS) is 27.7. The fraction of sp³-hybridized carbons (Fsp3) is 0.529. The topological polar surface area (TPSA) is 155 Å². The summed E-state index contributed by atoms with van der Waals surface area (Å²) in [5, 5.41) is 49.3. The number of rotatable bonds is 6. The lowest BCUT2D eigenvalue weighted by molar-refractivity contribution is -0.228. The predicted octanol–water partition coefficient (Wildman–Crippen LogP) is -0.623. The summed E-state index contributed by atoms with van der Waals surface area (Å²) < 4.78 is 5.43. The number of nitrogens with one attached hydrogen (secondary N) is 3. The van der Waals surface area contributed by atoms with Crippen LogP contribution in [0.4, 0.5) is 5.82 Å². The van der Waals surface area contributed by atoms with E-state index in [9.17, 15) is 20.4 Å². The van der Waals surface area contributed by atoms with Gasteiger partial charge in [0.25, 0.3) is 0 Å². The van der Waals surface area contributed by atoms with Crippen molar-refractivity contribution in [2.75, 3.05) is 11.9 Å². The van der Waals surface area contributed by atoms with Gasteiger partial charge in [0.2, 0.25) is 0 Å². The summed E-state index contributed by atoms with van der Waals surface area (Å²) in [5.74, 6) is 2.83. The van der Waals surface area contributed by atoms with Crippen LogP contribution < -0.4 is 5.32 Å². The second kappa shape index (κ2) is 10.1. The molecule has 1 aliphatic heterocycles. The molecule has 1 aliphatic rings. The molecule has 5 atom stereocenters. The van der Waals surface area contributed by atoms with Gasteiger partial charge in [0, 0.05) is 6.42 Å². The fourth-order valence-electron chi connectivity index (χ4n) is 2.51. The molecule has 0 aromatic carbocycles. The summed E-state index contributed by atoms with van der Waals surface area (Å²) in [4.78, 5) is 7.08. The number of ether oxygens (including phenoxy) is 1. The molecular formula is C17H26N4O5. The second-order valence-electron chi connectivity index (χ2n) is 5.35. The van der Waals surface area contributed by atoms with Gasteiger partial charge in [0.05, 0.1) is 12.7 Å². The summed E-state index contributed by atoms with van der Waals surface area (Å²) >= 11 is 0. The van der Waals surface area contributed by atoms with E-state index < -0.39 is 37.1 Å². The third-order valence-corrected chi connectivity index (χ3v) is 3.77. The summed E-state index contributed by atoms with van der Waals surface area (Å²) in [6, 6.07) is 0. The van der Waals surface area contributed by atoms with E-state index >= 15 is 0 Å². The molecule has 9 heteroatoms. The van der Waals surface area contributed by atoms with Crippen molar-refractivity contribution in [3.63, 3.8) is 0 Å². The van der Waals surface area contributed by atoms with Gasteiger partial charge >= 0.3 is 0 Å². The Morgan fingerprint density at radius 2 is 1.96 bits per heavy atom. The SMILES string of the molecule is C#CC(=N)c1[nH]c(CC2OC(CO)C(O)C(O)C2O)nc1NC=C.CC. The van der Waals surface area contributed by atoms with E-state index in [0.29, 0.717) is 11.6 Å². The van der Waals surface area contributed by atoms with Crippen LogP contribution in [0.1, 0.15) is 25.4 Å². The van der Waals surface area contributed by atoms with E-state index in [1.54, 1.807) is 0 Å². The van der Waals surface area contributed by atoms with Crippen molar-refractivity contribution in [3.05, 3.63) is 24.3 Å². The van der Waals surface area contributed by atoms with Crippen LogP contribution in [-0.2, 0) is 11.2 Å². The monoisotopic (exact) mass is 366 g/mol. The van der Waals surface area contributed by atoms with Crippen molar-refractivity contribution >= 4 is 11.5 Å². The van der Waals surface area contributed by atoms with Crippen LogP contribution in [0.3, 0.4) is 0 Å². The summed E-state index contributed by atoms with van der Waals surface area (Å²) in [6.45, 7) is 7.01. The minimum Gasteiger partial charge on any atom is -0.394 e. The maximum atomic E-state index is 10.1. The van der Waals surface area contributed by atoms with Crippen LogP contribution in [0.15, 0.2) is 12.8 Å². The van der Waals surface area contributed by atoms with Gasteiger partial charge in [-0.25, -0.2) is 4.98 Å². The number of terminal acetylenes is 1. The van der Waals surface area contributed by atoms with E-state index in [2.05, 4.69) is 27.8 Å². The molecule has 1 fully saturated rings. The third-order valence-electron chi connectivity index (χ3n) is 3.77. The highest BCUT2D eigenvalue weighted by Gasteiger charge is 2.43. The summed E-state index contributed by atoms with van der Waals surface area (Å²) in [7, 11) is 0. The van der Waals surface area contributed by atoms with Gasteiger partial charge in [-0.1, -0.05) is 20.4 Å². The first-order chi connectivity index (χ1) is 12.4. The first kappa shape index (κ1) is 21.8. The molecule has 1 aromatic heterocycles. The molecule has 9 nitrogen and oxygen atoms in total. The zero-order valence-electron chi connectivity index (χ0n) is 14.8.